The predicted octanol–water partition coefficient (Wildman–Crippen LogP) is 2.95. The van der Waals surface area contributed by atoms with E-state index in [0.717, 1.165) is 10.6 Å². The van der Waals surface area contributed by atoms with Gasteiger partial charge in [-0.25, -0.2) is 9.78 Å². The zero-order chi connectivity index (χ0) is 15.6. The Balaban J connectivity index is 2.33. The monoisotopic (exact) mass is 308 g/mol. The number of nitro benzene ring substituents is 1. The van der Waals surface area contributed by atoms with Gasteiger partial charge < -0.3 is 9.84 Å². The molecule has 0 aliphatic rings. The lowest BCUT2D eigenvalue weighted by atomic mass is 10.2. The van der Waals surface area contributed by atoms with E-state index in [-0.39, 0.29) is 23.6 Å². The molecule has 0 aliphatic heterocycles. The van der Waals surface area contributed by atoms with E-state index >= 15 is 0 Å². The van der Waals surface area contributed by atoms with Crippen molar-refractivity contribution in [1.29, 1.82) is 0 Å². The minimum Gasteiger partial charge on any atom is -0.479 e. The molecule has 0 saturated heterocycles. The number of benzene rings is 1. The van der Waals surface area contributed by atoms with Crippen molar-refractivity contribution in [1.82, 2.24) is 4.98 Å². The van der Waals surface area contributed by atoms with E-state index in [1.807, 2.05) is 13.8 Å². The summed E-state index contributed by atoms with van der Waals surface area (Å²) in [6, 6.07) is 3.79. The summed E-state index contributed by atoms with van der Waals surface area (Å²) in [6.07, 6.45) is 0. The molecule has 1 N–H and O–H groups in total. The molecule has 1 aromatic carbocycles. The van der Waals surface area contributed by atoms with Crippen molar-refractivity contribution in [3.05, 3.63) is 49.5 Å². The number of hydrogen-bond acceptors (Lipinski definition) is 6. The van der Waals surface area contributed by atoms with Crippen LogP contribution in [-0.4, -0.2) is 21.0 Å². The molecular formula is C13H12N2O5S. The van der Waals surface area contributed by atoms with Crippen molar-refractivity contribution in [3.63, 3.8) is 0 Å². The van der Waals surface area contributed by atoms with Crippen molar-refractivity contribution >= 4 is 23.0 Å². The lowest BCUT2D eigenvalue weighted by Crippen LogP contribution is -2.06. The number of nitro groups is 1. The smallest absolute Gasteiger partial charge is 0.339 e. The van der Waals surface area contributed by atoms with Gasteiger partial charge in [0.2, 0.25) is 5.75 Å². The van der Waals surface area contributed by atoms with E-state index in [9.17, 15) is 14.9 Å². The number of carboxylic acids is 1. The standard InChI is InChI=1S/C13H12N2O5S/c1-7-8(2)21-11(14-7)6-20-12-9(13(16)17)4-3-5-10(12)15(18)19/h3-5H,6H2,1-2H3,(H,16,17). The van der Waals surface area contributed by atoms with Gasteiger partial charge in [-0.3, -0.25) is 10.1 Å². The molecule has 0 spiro atoms. The van der Waals surface area contributed by atoms with Gasteiger partial charge in [0.05, 0.1) is 10.6 Å². The first kappa shape index (κ1) is 14.9. The molecule has 2 aromatic rings. The second-order valence-electron chi connectivity index (χ2n) is 4.25. The first-order valence-electron chi connectivity index (χ1n) is 5.96. The Labute approximate surface area is 124 Å². The summed E-state index contributed by atoms with van der Waals surface area (Å²) < 4.78 is 5.37. The molecule has 0 saturated carbocycles. The highest BCUT2D eigenvalue weighted by Gasteiger charge is 2.23. The summed E-state index contributed by atoms with van der Waals surface area (Å²) in [7, 11) is 0. The maximum absolute atomic E-state index is 11.2. The van der Waals surface area contributed by atoms with Crippen molar-refractivity contribution < 1.29 is 19.6 Å². The number of nitrogens with zero attached hydrogens (tertiary/aromatic N) is 2. The third-order valence-electron chi connectivity index (χ3n) is 2.83. The number of aromatic carboxylic acids is 1. The number of carbonyl (C=O) groups is 1. The third kappa shape index (κ3) is 3.16. The summed E-state index contributed by atoms with van der Waals surface area (Å²) in [5, 5.41) is 20.7. The molecule has 21 heavy (non-hydrogen) atoms. The van der Waals surface area contributed by atoms with Gasteiger partial charge in [-0.05, 0) is 19.9 Å². The highest BCUT2D eigenvalue weighted by molar-refractivity contribution is 7.11. The fraction of sp³-hybridized carbons (Fsp3) is 0.231. The molecule has 8 heteroatoms. The Hall–Kier alpha value is -2.48. The van der Waals surface area contributed by atoms with Crippen LogP contribution in [0, 0.1) is 24.0 Å². The summed E-state index contributed by atoms with van der Waals surface area (Å²) in [5.74, 6) is -1.53. The Morgan fingerprint density at radius 2 is 2.19 bits per heavy atom. The van der Waals surface area contributed by atoms with Gasteiger partial charge in [0.25, 0.3) is 0 Å². The molecule has 2 rings (SSSR count). The maximum Gasteiger partial charge on any atom is 0.339 e. The van der Waals surface area contributed by atoms with Gasteiger partial charge in [-0.2, -0.15) is 0 Å². The van der Waals surface area contributed by atoms with Gasteiger partial charge in [0.15, 0.2) is 0 Å². The van der Waals surface area contributed by atoms with E-state index in [2.05, 4.69) is 4.98 Å². The minimum absolute atomic E-state index is 0.00944. The number of para-hydroxylation sites is 1. The average molecular weight is 308 g/mol. The van der Waals surface area contributed by atoms with Crippen molar-refractivity contribution in [2.75, 3.05) is 0 Å². The van der Waals surface area contributed by atoms with Crippen LogP contribution in [0.15, 0.2) is 18.2 Å². The van der Waals surface area contributed by atoms with Crippen LogP contribution in [0.1, 0.15) is 25.9 Å². The van der Waals surface area contributed by atoms with E-state index in [1.54, 1.807) is 0 Å². The number of rotatable bonds is 5. The molecule has 0 radical (unpaired) electrons. The van der Waals surface area contributed by atoms with Crippen LogP contribution < -0.4 is 4.74 Å². The Morgan fingerprint density at radius 3 is 2.71 bits per heavy atom. The number of aromatic nitrogens is 1. The molecule has 0 unspecified atom stereocenters. The minimum atomic E-state index is -1.28. The van der Waals surface area contributed by atoms with Gasteiger partial charge in [-0.15, -0.1) is 11.3 Å². The van der Waals surface area contributed by atoms with Crippen LogP contribution in [-0.2, 0) is 6.61 Å². The molecule has 1 aromatic heterocycles. The van der Waals surface area contributed by atoms with Crippen LogP contribution in [0.5, 0.6) is 5.75 Å². The zero-order valence-electron chi connectivity index (χ0n) is 11.3. The number of thiazole rings is 1. The van der Waals surface area contributed by atoms with E-state index in [4.69, 9.17) is 9.84 Å². The topological polar surface area (TPSA) is 103 Å². The first-order chi connectivity index (χ1) is 9.90. The first-order valence-corrected chi connectivity index (χ1v) is 6.78. The third-order valence-corrected chi connectivity index (χ3v) is 3.88. The summed E-state index contributed by atoms with van der Waals surface area (Å²) in [4.78, 5) is 26.7. The number of carboxylic acid groups (broad SMARTS) is 1. The summed E-state index contributed by atoms with van der Waals surface area (Å²) in [5.41, 5.74) is 0.244. The number of aryl methyl sites for hydroxylation is 2. The normalized spacial score (nSPS) is 10.4. The Bertz CT molecular complexity index is 659. The molecule has 0 amide bonds. The highest BCUT2D eigenvalue weighted by Crippen LogP contribution is 2.32. The van der Waals surface area contributed by atoms with Gasteiger partial charge in [0.1, 0.15) is 17.2 Å². The molecule has 1 heterocycles. The fourth-order valence-corrected chi connectivity index (χ4v) is 2.57. The molecule has 0 fully saturated rings. The van der Waals surface area contributed by atoms with E-state index in [0.29, 0.717) is 5.01 Å². The summed E-state index contributed by atoms with van der Waals surface area (Å²) in [6.45, 7) is 3.75. The second kappa shape index (κ2) is 5.88. The van der Waals surface area contributed by atoms with Gasteiger partial charge >= 0.3 is 11.7 Å². The van der Waals surface area contributed by atoms with Crippen LogP contribution in [0.3, 0.4) is 0 Å². The predicted molar refractivity (Wildman–Crippen MR) is 76.0 cm³/mol. The number of ether oxygens (including phenoxy) is 1. The SMILES string of the molecule is Cc1nc(COc2c(C(=O)O)cccc2[N+](=O)[O-])sc1C. The second-order valence-corrected chi connectivity index (χ2v) is 5.54. The molecule has 7 nitrogen and oxygen atoms in total. The van der Waals surface area contributed by atoms with Crippen LogP contribution >= 0.6 is 11.3 Å². The van der Waals surface area contributed by atoms with Crippen LogP contribution in [0.25, 0.3) is 0 Å². The molecular weight excluding hydrogens is 296 g/mol. The molecule has 0 bridgehead atoms. The van der Waals surface area contributed by atoms with Gasteiger partial charge in [-0.1, -0.05) is 6.07 Å². The van der Waals surface area contributed by atoms with Crippen molar-refractivity contribution in [2.45, 2.75) is 20.5 Å². The largest absolute Gasteiger partial charge is 0.479 e. The Morgan fingerprint density at radius 1 is 1.48 bits per heavy atom. The van der Waals surface area contributed by atoms with Gasteiger partial charge in [0, 0.05) is 10.9 Å². The fourth-order valence-electron chi connectivity index (χ4n) is 1.72. The highest BCUT2D eigenvalue weighted by atomic mass is 32.1. The quantitative estimate of drug-likeness (QED) is 0.673. The number of hydrogen-bond donors (Lipinski definition) is 1. The zero-order valence-corrected chi connectivity index (χ0v) is 12.1. The average Bonchev–Trinajstić information content (AvgIpc) is 2.74. The lowest BCUT2D eigenvalue weighted by Gasteiger charge is -2.08. The van der Waals surface area contributed by atoms with Crippen LogP contribution in [0.4, 0.5) is 5.69 Å². The Kier molecular flexibility index (Phi) is 4.18. The van der Waals surface area contributed by atoms with E-state index < -0.39 is 10.9 Å². The summed E-state index contributed by atoms with van der Waals surface area (Å²) >= 11 is 1.41. The van der Waals surface area contributed by atoms with E-state index in [1.165, 1.54) is 29.5 Å². The maximum atomic E-state index is 11.2. The van der Waals surface area contributed by atoms with Crippen LogP contribution in [0.2, 0.25) is 0 Å². The van der Waals surface area contributed by atoms with Crippen molar-refractivity contribution in [3.8, 4) is 5.75 Å². The molecule has 0 aliphatic carbocycles. The van der Waals surface area contributed by atoms with Crippen molar-refractivity contribution in [2.24, 2.45) is 0 Å². The molecule has 110 valence electrons. The lowest BCUT2D eigenvalue weighted by molar-refractivity contribution is -0.386. The molecule has 0 atom stereocenters.